The Bertz CT molecular complexity index is 458. The molecule has 3 rings (SSSR count). The molecule has 0 radical (unpaired) electrons. The summed E-state index contributed by atoms with van der Waals surface area (Å²) in [4.78, 5) is 16.2. The molecule has 0 bridgehead atoms. The summed E-state index contributed by atoms with van der Waals surface area (Å²) in [5, 5.41) is 0. The zero-order valence-corrected chi connectivity index (χ0v) is 10.9. The Hall–Kier alpha value is -1.35. The lowest BCUT2D eigenvalue weighted by atomic mass is 10.1. The number of nitrogens with zero attached hydrogens (tertiary/aromatic N) is 2. The van der Waals surface area contributed by atoms with Crippen molar-refractivity contribution in [3.63, 3.8) is 0 Å². The van der Waals surface area contributed by atoms with Gasteiger partial charge in [-0.25, -0.2) is 0 Å². The zero-order valence-electron chi connectivity index (χ0n) is 10.9. The molecule has 18 heavy (non-hydrogen) atoms. The number of fused-ring (bicyclic) bond motifs is 1. The van der Waals surface area contributed by atoms with Crippen molar-refractivity contribution in [3.05, 3.63) is 29.3 Å². The third-order valence-electron chi connectivity index (χ3n) is 4.24. The van der Waals surface area contributed by atoms with E-state index in [9.17, 15) is 4.79 Å². The molecule has 2 aliphatic heterocycles. The van der Waals surface area contributed by atoms with Gasteiger partial charge in [-0.15, -0.1) is 0 Å². The van der Waals surface area contributed by atoms with Crippen molar-refractivity contribution in [2.24, 2.45) is 0 Å². The molecule has 1 aromatic rings. The summed E-state index contributed by atoms with van der Waals surface area (Å²) in [7, 11) is 0. The molecule has 96 valence electrons. The number of hydrogen-bond acceptors (Lipinski definition) is 3. The Morgan fingerprint density at radius 1 is 1.28 bits per heavy atom. The number of carbonyl (C=O) groups excluding carboxylic acids is 1. The van der Waals surface area contributed by atoms with Crippen LogP contribution < -0.4 is 4.90 Å². The Kier molecular flexibility index (Phi) is 3.08. The van der Waals surface area contributed by atoms with Crippen molar-refractivity contribution in [1.82, 2.24) is 4.90 Å². The average Bonchev–Trinajstić information content (AvgIpc) is 2.85. The van der Waals surface area contributed by atoms with E-state index in [1.807, 2.05) is 13.0 Å². The van der Waals surface area contributed by atoms with Gasteiger partial charge in [0.25, 0.3) is 0 Å². The largest absolute Gasteiger partial charge is 0.368 e. The zero-order chi connectivity index (χ0) is 12.5. The van der Waals surface area contributed by atoms with Crippen LogP contribution in [0.1, 0.15) is 28.8 Å². The maximum atomic E-state index is 11.2. The van der Waals surface area contributed by atoms with Crippen LogP contribution in [0.25, 0.3) is 0 Å². The van der Waals surface area contributed by atoms with Gasteiger partial charge in [-0.1, -0.05) is 11.6 Å². The van der Waals surface area contributed by atoms with Crippen molar-refractivity contribution >= 4 is 12.0 Å². The highest BCUT2D eigenvalue weighted by Gasteiger charge is 2.31. The maximum absolute atomic E-state index is 11.2. The number of anilines is 1. The van der Waals surface area contributed by atoms with Crippen molar-refractivity contribution in [2.45, 2.75) is 25.8 Å². The first-order valence-corrected chi connectivity index (χ1v) is 6.83. The minimum atomic E-state index is 0.694. The molecule has 0 N–H and O–H groups in total. The van der Waals surface area contributed by atoms with Gasteiger partial charge in [-0.2, -0.15) is 0 Å². The number of aryl methyl sites for hydroxylation is 1. The lowest BCUT2D eigenvalue weighted by Crippen LogP contribution is -2.50. The lowest BCUT2D eigenvalue weighted by Gasteiger charge is -2.39. The van der Waals surface area contributed by atoms with Crippen LogP contribution in [-0.4, -0.2) is 43.4 Å². The van der Waals surface area contributed by atoms with Gasteiger partial charge in [0, 0.05) is 36.9 Å². The van der Waals surface area contributed by atoms with Crippen LogP contribution in [0.15, 0.2) is 18.2 Å². The van der Waals surface area contributed by atoms with E-state index in [1.54, 1.807) is 0 Å². The van der Waals surface area contributed by atoms with Crippen LogP contribution in [0.4, 0.5) is 5.69 Å². The summed E-state index contributed by atoms with van der Waals surface area (Å²) in [6.45, 7) is 6.54. The van der Waals surface area contributed by atoms with Crippen molar-refractivity contribution in [2.75, 3.05) is 31.1 Å². The van der Waals surface area contributed by atoms with Crippen LogP contribution in [0, 0.1) is 6.92 Å². The molecule has 3 heteroatoms. The lowest BCUT2D eigenvalue weighted by molar-refractivity contribution is 0.112. The quantitative estimate of drug-likeness (QED) is 0.744. The minimum absolute atomic E-state index is 0.694. The standard InChI is InChI=1S/C15H20N2O/c1-12-4-5-15(13(9-12)11-18)17-8-7-16-6-2-3-14(16)10-17/h4-5,9,11,14H,2-3,6-8,10H2,1H3. The molecule has 0 amide bonds. The van der Waals surface area contributed by atoms with Crippen LogP contribution in [0.3, 0.4) is 0 Å². The molecule has 1 aromatic carbocycles. The van der Waals surface area contributed by atoms with Gasteiger partial charge < -0.3 is 4.90 Å². The molecule has 0 aliphatic carbocycles. The van der Waals surface area contributed by atoms with Crippen LogP contribution in [0.2, 0.25) is 0 Å². The fourth-order valence-electron chi connectivity index (χ4n) is 3.27. The number of hydrogen-bond donors (Lipinski definition) is 0. The summed E-state index contributed by atoms with van der Waals surface area (Å²) in [5.74, 6) is 0. The summed E-state index contributed by atoms with van der Waals surface area (Å²) in [5.41, 5.74) is 3.10. The third-order valence-corrected chi connectivity index (χ3v) is 4.24. The monoisotopic (exact) mass is 244 g/mol. The number of carbonyl (C=O) groups is 1. The average molecular weight is 244 g/mol. The molecule has 2 heterocycles. The number of aldehydes is 1. The normalized spacial score (nSPS) is 24.1. The Morgan fingerprint density at radius 3 is 3.00 bits per heavy atom. The third kappa shape index (κ3) is 2.03. The maximum Gasteiger partial charge on any atom is 0.152 e. The van der Waals surface area contributed by atoms with Gasteiger partial charge in [-0.05, 0) is 38.4 Å². The number of piperazine rings is 1. The molecule has 0 saturated carbocycles. The first kappa shape index (κ1) is 11.7. The molecule has 0 spiro atoms. The number of benzene rings is 1. The molecule has 2 fully saturated rings. The van der Waals surface area contributed by atoms with Gasteiger partial charge in [0.05, 0.1) is 0 Å². The summed E-state index contributed by atoms with van der Waals surface area (Å²) < 4.78 is 0. The fraction of sp³-hybridized carbons (Fsp3) is 0.533. The summed E-state index contributed by atoms with van der Waals surface area (Å²) in [6.07, 6.45) is 3.62. The Morgan fingerprint density at radius 2 is 2.17 bits per heavy atom. The smallest absolute Gasteiger partial charge is 0.152 e. The van der Waals surface area contributed by atoms with Crippen LogP contribution >= 0.6 is 0 Å². The van der Waals surface area contributed by atoms with Crippen molar-refractivity contribution in [1.29, 1.82) is 0 Å². The second-order valence-electron chi connectivity index (χ2n) is 5.46. The second-order valence-corrected chi connectivity index (χ2v) is 5.46. The van der Waals surface area contributed by atoms with E-state index in [1.165, 1.54) is 19.4 Å². The van der Waals surface area contributed by atoms with Gasteiger partial charge in [0.15, 0.2) is 6.29 Å². The van der Waals surface area contributed by atoms with Crippen LogP contribution in [0.5, 0.6) is 0 Å². The molecule has 2 aliphatic rings. The van der Waals surface area contributed by atoms with Gasteiger partial charge >= 0.3 is 0 Å². The summed E-state index contributed by atoms with van der Waals surface area (Å²) in [6, 6.07) is 6.88. The highest BCUT2D eigenvalue weighted by Crippen LogP contribution is 2.27. The molecular weight excluding hydrogens is 224 g/mol. The number of rotatable bonds is 2. The van der Waals surface area contributed by atoms with E-state index in [0.29, 0.717) is 6.04 Å². The molecule has 3 nitrogen and oxygen atoms in total. The van der Waals surface area contributed by atoms with Crippen molar-refractivity contribution < 1.29 is 4.79 Å². The van der Waals surface area contributed by atoms with E-state index in [2.05, 4.69) is 21.9 Å². The van der Waals surface area contributed by atoms with E-state index >= 15 is 0 Å². The Balaban J connectivity index is 1.84. The van der Waals surface area contributed by atoms with E-state index in [-0.39, 0.29) is 0 Å². The first-order valence-electron chi connectivity index (χ1n) is 6.83. The van der Waals surface area contributed by atoms with Crippen LogP contribution in [-0.2, 0) is 0 Å². The predicted octanol–water partition coefficient (Wildman–Crippen LogP) is 2.09. The van der Waals surface area contributed by atoms with Gasteiger partial charge in [0.2, 0.25) is 0 Å². The summed E-state index contributed by atoms with van der Waals surface area (Å²) >= 11 is 0. The molecule has 1 unspecified atom stereocenters. The highest BCUT2D eigenvalue weighted by molar-refractivity contribution is 5.85. The minimum Gasteiger partial charge on any atom is -0.368 e. The predicted molar refractivity (Wildman–Crippen MR) is 73.4 cm³/mol. The molecule has 0 aromatic heterocycles. The second kappa shape index (κ2) is 4.73. The van der Waals surface area contributed by atoms with Gasteiger partial charge in [0.1, 0.15) is 0 Å². The fourth-order valence-corrected chi connectivity index (χ4v) is 3.27. The van der Waals surface area contributed by atoms with E-state index in [0.717, 1.165) is 42.7 Å². The van der Waals surface area contributed by atoms with Gasteiger partial charge in [-0.3, -0.25) is 9.69 Å². The van der Waals surface area contributed by atoms with E-state index in [4.69, 9.17) is 0 Å². The molecular formula is C15H20N2O. The molecule has 1 atom stereocenters. The SMILES string of the molecule is Cc1ccc(N2CCN3CCCC3C2)c(C=O)c1. The molecule has 2 saturated heterocycles. The topological polar surface area (TPSA) is 23.6 Å². The Labute approximate surface area is 108 Å². The van der Waals surface area contributed by atoms with Crippen molar-refractivity contribution in [3.8, 4) is 0 Å². The first-order chi connectivity index (χ1) is 8.78. The van der Waals surface area contributed by atoms with E-state index < -0.39 is 0 Å². The highest BCUT2D eigenvalue weighted by atomic mass is 16.1.